The molecule has 1 unspecified atom stereocenters. The molecule has 2 aromatic rings. The first-order valence-corrected chi connectivity index (χ1v) is 6.41. The predicted octanol–water partition coefficient (Wildman–Crippen LogP) is 2.74. The number of aryl methyl sites for hydroxylation is 3. The smallest absolute Gasteiger partial charge is 0.130 e. The van der Waals surface area contributed by atoms with Crippen molar-refractivity contribution in [3.8, 4) is 0 Å². The second kappa shape index (κ2) is 5.36. The molecule has 1 atom stereocenters. The SMILES string of the molecule is CCNC(c1c(C)cccc1C)c1nccn1C. The molecule has 96 valence electrons. The van der Waals surface area contributed by atoms with Gasteiger partial charge in [-0.2, -0.15) is 0 Å². The van der Waals surface area contributed by atoms with Crippen molar-refractivity contribution < 1.29 is 0 Å². The molecule has 1 heterocycles. The Bertz CT molecular complexity index is 508. The van der Waals surface area contributed by atoms with Gasteiger partial charge in [0, 0.05) is 19.4 Å². The molecule has 0 saturated heterocycles. The van der Waals surface area contributed by atoms with Crippen LogP contribution >= 0.6 is 0 Å². The summed E-state index contributed by atoms with van der Waals surface area (Å²) in [5, 5.41) is 3.54. The van der Waals surface area contributed by atoms with Crippen LogP contribution in [0.15, 0.2) is 30.6 Å². The van der Waals surface area contributed by atoms with Gasteiger partial charge in [0.15, 0.2) is 0 Å². The highest BCUT2D eigenvalue weighted by molar-refractivity contribution is 5.39. The Morgan fingerprint density at radius 2 is 1.94 bits per heavy atom. The fourth-order valence-corrected chi connectivity index (χ4v) is 2.46. The molecule has 0 radical (unpaired) electrons. The lowest BCUT2D eigenvalue weighted by molar-refractivity contribution is 0.572. The minimum absolute atomic E-state index is 0.163. The zero-order chi connectivity index (χ0) is 13.1. The van der Waals surface area contributed by atoms with Gasteiger partial charge in [-0.3, -0.25) is 0 Å². The summed E-state index contributed by atoms with van der Waals surface area (Å²) >= 11 is 0. The molecule has 2 rings (SSSR count). The number of rotatable bonds is 4. The average molecular weight is 243 g/mol. The monoisotopic (exact) mass is 243 g/mol. The number of hydrogen-bond donors (Lipinski definition) is 1. The van der Waals surface area contributed by atoms with Crippen LogP contribution in [0.5, 0.6) is 0 Å². The first-order chi connectivity index (χ1) is 8.65. The van der Waals surface area contributed by atoms with E-state index in [-0.39, 0.29) is 6.04 Å². The fraction of sp³-hybridized carbons (Fsp3) is 0.400. The predicted molar refractivity (Wildman–Crippen MR) is 74.6 cm³/mol. The molecule has 0 spiro atoms. The molecular weight excluding hydrogens is 222 g/mol. The normalized spacial score (nSPS) is 12.7. The van der Waals surface area contributed by atoms with Crippen LogP contribution in [0.2, 0.25) is 0 Å². The Balaban J connectivity index is 2.52. The first-order valence-electron chi connectivity index (χ1n) is 6.41. The van der Waals surface area contributed by atoms with Crippen LogP contribution in [-0.4, -0.2) is 16.1 Å². The largest absolute Gasteiger partial charge is 0.336 e. The van der Waals surface area contributed by atoms with Gasteiger partial charge in [0.1, 0.15) is 5.82 Å². The Labute approximate surface area is 109 Å². The maximum atomic E-state index is 4.49. The molecule has 3 heteroatoms. The summed E-state index contributed by atoms with van der Waals surface area (Å²) in [5.74, 6) is 1.06. The van der Waals surface area contributed by atoms with Gasteiger partial charge in [-0.25, -0.2) is 4.98 Å². The molecule has 1 aromatic carbocycles. The third kappa shape index (κ3) is 2.31. The van der Waals surface area contributed by atoms with Crippen molar-refractivity contribution in [2.24, 2.45) is 7.05 Å². The van der Waals surface area contributed by atoms with E-state index in [4.69, 9.17) is 0 Å². The molecule has 18 heavy (non-hydrogen) atoms. The number of aromatic nitrogens is 2. The highest BCUT2D eigenvalue weighted by Gasteiger charge is 2.20. The summed E-state index contributed by atoms with van der Waals surface area (Å²) in [5.41, 5.74) is 3.96. The first kappa shape index (κ1) is 12.8. The van der Waals surface area contributed by atoms with Crippen molar-refractivity contribution in [3.63, 3.8) is 0 Å². The van der Waals surface area contributed by atoms with E-state index < -0.39 is 0 Å². The van der Waals surface area contributed by atoms with E-state index in [9.17, 15) is 0 Å². The van der Waals surface area contributed by atoms with Crippen LogP contribution in [0.3, 0.4) is 0 Å². The average Bonchev–Trinajstić information content (AvgIpc) is 2.74. The van der Waals surface area contributed by atoms with Gasteiger partial charge in [0.25, 0.3) is 0 Å². The Morgan fingerprint density at radius 1 is 1.28 bits per heavy atom. The number of nitrogens with zero attached hydrogens (tertiary/aromatic N) is 2. The molecule has 0 fully saturated rings. The fourth-order valence-electron chi connectivity index (χ4n) is 2.46. The van der Waals surface area contributed by atoms with Gasteiger partial charge >= 0.3 is 0 Å². The van der Waals surface area contributed by atoms with Crippen molar-refractivity contribution in [3.05, 3.63) is 53.1 Å². The van der Waals surface area contributed by atoms with Gasteiger partial charge in [-0.1, -0.05) is 25.1 Å². The van der Waals surface area contributed by atoms with Crippen LogP contribution in [-0.2, 0) is 7.05 Å². The standard InChI is InChI=1S/C15H21N3/c1-5-16-14(15-17-9-10-18(15)4)13-11(2)7-6-8-12(13)3/h6-10,14,16H,5H2,1-4H3. The van der Waals surface area contributed by atoms with Gasteiger partial charge < -0.3 is 9.88 Å². The van der Waals surface area contributed by atoms with E-state index in [1.54, 1.807) is 0 Å². The highest BCUT2D eigenvalue weighted by Crippen LogP contribution is 2.26. The lowest BCUT2D eigenvalue weighted by atomic mass is 9.95. The lowest BCUT2D eigenvalue weighted by Gasteiger charge is -2.22. The molecule has 0 amide bonds. The van der Waals surface area contributed by atoms with Crippen LogP contribution in [0.25, 0.3) is 0 Å². The second-order valence-corrected chi connectivity index (χ2v) is 4.69. The minimum atomic E-state index is 0.163. The summed E-state index contributed by atoms with van der Waals surface area (Å²) in [6, 6.07) is 6.59. The van der Waals surface area contributed by atoms with E-state index in [1.165, 1.54) is 16.7 Å². The van der Waals surface area contributed by atoms with Crippen molar-refractivity contribution in [2.75, 3.05) is 6.54 Å². The maximum absolute atomic E-state index is 4.49. The molecule has 0 aliphatic rings. The molecule has 1 N–H and O–H groups in total. The highest BCUT2D eigenvalue weighted by atomic mass is 15.1. The van der Waals surface area contributed by atoms with E-state index in [2.05, 4.69) is 53.8 Å². The number of hydrogen-bond acceptors (Lipinski definition) is 2. The van der Waals surface area contributed by atoms with Crippen molar-refractivity contribution in [2.45, 2.75) is 26.8 Å². The van der Waals surface area contributed by atoms with Crippen LogP contribution < -0.4 is 5.32 Å². The zero-order valence-electron chi connectivity index (χ0n) is 11.6. The minimum Gasteiger partial charge on any atom is -0.336 e. The van der Waals surface area contributed by atoms with Crippen molar-refractivity contribution in [1.29, 1.82) is 0 Å². The van der Waals surface area contributed by atoms with E-state index >= 15 is 0 Å². The third-order valence-electron chi connectivity index (χ3n) is 3.36. The summed E-state index contributed by atoms with van der Waals surface area (Å²) in [6.07, 6.45) is 3.85. The summed E-state index contributed by atoms with van der Waals surface area (Å²) in [4.78, 5) is 4.49. The van der Waals surface area contributed by atoms with Gasteiger partial charge in [-0.15, -0.1) is 0 Å². The van der Waals surface area contributed by atoms with E-state index in [1.807, 2.05) is 19.4 Å². The molecule has 0 aliphatic carbocycles. The Morgan fingerprint density at radius 3 is 2.44 bits per heavy atom. The third-order valence-corrected chi connectivity index (χ3v) is 3.36. The van der Waals surface area contributed by atoms with Crippen LogP contribution in [0.4, 0.5) is 0 Å². The number of benzene rings is 1. The maximum Gasteiger partial charge on any atom is 0.130 e. The molecule has 3 nitrogen and oxygen atoms in total. The number of nitrogens with one attached hydrogen (secondary N) is 1. The quantitative estimate of drug-likeness (QED) is 0.895. The topological polar surface area (TPSA) is 29.9 Å². The van der Waals surface area contributed by atoms with Gasteiger partial charge in [0.2, 0.25) is 0 Å². The van der Waals surface area contributed by atoms with Gasteiger partial charge in [0.05, 0.1) is 6.04 Å². The zero-order valence-corrected chi connectivity index (χ0v) is 11.6. The molecule has 0 bridgehead atoms. The van der Waals surface area contributed by atoms with Crippen LogP contribution in [0.1, 0.15) is 35.5 Å². The van der Waals surface area contributed by atoms with Crippen molar-refractivity contribution in [1.82, 2.24) is 14.9 Å². The lowest BCUT2D eigenvalue weighted by Crippen LogP contribution is -2.26. The molecule has 1 aromatic heterocycles. The van der Waals surface area contributed by atoms with E-state index in [0.29, 0.717) is 0 Å². The number of imidazole rings is 1. The Hall–Kier alpha value is -1.61. The van der Waals surface area contributed by atoms with Crippen LogP contribution in [0, 0.1) is 13.8 Å². The molecular formula is C15H21N3. The van der Waals surface area contributed by atoms with E-state index in [0.717, 1.165) is 12.4 Å². The van der Waals surface area contributed by atoms with Crippen molar-refractivity contribution >= 4 is 0 Å². The second-order valence-electron chi connectivity index (χ2n) is 4.69. The molecule has 0 aliphatic heterocycles. The summed E-state index contributed by atoms with van der Waals surface area (Å²) < 4.78 is 2.08. The Kier molecular flexibility index (Phi) is 3.82. The summed E-state index contributed by atoms with van der Waals surface area (Å²) in [7, 11) is 2.04. The summed E-state index contributed by atoms with van der Waals surface area (Å²) in [6.45, 7) is 7.38. The van der Waals surface area contributed by atoms with Gasteiger partial charge in [-0.05, 0) is 37.1 Å². The molecule has 0 saturated carbocycles.